The predicted molar refractivity (Wildman–Crippen MR) is 119 cm³/mol. The SMILES string of the molecule is COc1c(OS(=O)(=O)c2cccc(N)c2)cc(C)cc1C1CCN(C(=N)N)CC1.Cl. The Kier molecular flexibility index (Phi) is 7.44. The van der Waals surface area contributed by atoms with Crippen LogP contribution in [-0.2, 0) is 10.1 Å². The molecule has 0 amide bonds. The van der Waals surface area contributed by atoms with E-state index in [-0.39, 0.29) is 34.9 Å². The molecule has 0 spiro atoms. The third kappa shape index (κ3) is 5.09. The summed E-state index contributed by atoms with van der Waals surface area (Å²) in [4.78, 5) is 1.80. The lowest BCUT2D eigenvalue weighted by atomic mass is 9.88. The molecule has 0 bridgehead atoms. The summed E-state index contributed by atoms with van der Waals surface area (Å²) in [6.45, 7) is 3.21. The zero-order valence-corrected chi connectivity index (χ0v) is 18.6. The maximum absolute atomic E-state index is 12.8. The van der Waals surface area contributed by atoms with Gasteiger partial charge in [0.15, 0.2) is 17.5 Å². The van der Waals surface area contributed by atoms with E-state index >= 15 is 0 Å². The number of hydrogen-bond donors (Lipinski definition) is 3. The molecule has 5 N–H and O–H groups in total. The Morgan fingerprint density at radius 2 is 1.87 bits per heavy atom. The van der Waals surface area contributed by atoms with Gasteiger partial charge < -0.3 is 25.3 Å². The highest BCUT2D eigenvalue weighted by Crippen LogP contribution is 2.41. The molecule has 0 saturated carbocycles. The van der Waals surface area contributed by atoms with Crippen LogP contribution in [0.15, 0.2) is 41.3 Å². The topological polar surface area (TPSA) is 132 Å². The van der Waals surface area contributed by atoms with Crippen LogP contribution in [0.3, 0.4) is 0 Å². The van der Waals surface area contributed by atoms with Crippen LogP contribution in [0.2, 0.25) is 0 Å². The number of anilines is 1. The van der Waals surface area contributed by atoms with Crippen molar-refractivity contribution in [2.45, 2.75) is 30.6 Å². The molecule has 30 heavy (non-hydrogen) atoms. The number of aryl methyl sites for hydroxylation is 1. The molecule has 3 rings (SSSR count). The predicted octanol–water partition coefficient (Wildman–Crippen LogP) is 2.85. The van der Waals surface area contributed by atoms with Crippen molar-refractivity contribution in [2.24, 2.45) is 5.73 Å². The van der Waals surface area contributed by atoms with Crippen molar-refractivity contribution in [1.82, 2.24) is 4.90 Å². The number of benzene rings is 2. The summed E-state index contributed by atoms with van der Waals surface area (Å²) in [5, 5.41) is 7.58. The van der Waals surface area contributed by atoms with E-state index in [0.29, 0.717) is 24.5 Å². The minimum Gasteiger partial charge on any atom is -0.492 e. The second kappa shape index (κ2) is 9.44. The molecule has 1 aliphatic rings. The number of halogens is 1. The molecule has 10 heteroatoms. The first-order chi connectivity index (χ1) is 13.7. The second-order valence-corrected chi connectivity index (χ2v) is 8.69. The highest BCUT2D eigenvalue weighted by molar-refractivity contribution is 7.87. The van der Waals surface area contributed by atoms with E-state index in [4.69, 9.17) is 25.8 Å². The Labute approximate surface area is 183 Å². The lowest BCUT2D eigenvalue weighted by Crippen LogP contribution is -2.41. The summed E-state index contributed by atoms with van der Waals surface area (Å²) >= 11 is 0. The van der Waals surface area contributed by atoms with Crippen molar-refractivity contribution in [3.63, 3.8) is 0 Å². The van der Waals surface area contributed by atoms with Crippen LogP contribution < -0.4 is 20.4 Å². The van der Waals surface area contributed by atoms with Crippen molar-refractivity contribution < 1.29 is 17.3 Å². The molecular formula is C20H27ClN4O4S. The van der Waals surface area contributed by atoms with E-state index in [9.17, 15) is 8.42 Å². The minimum absolute atomic E-state index is 0. The molecule has 0 aliphatic carbocycles. The van der Waals surface area contributed by atoms with Crippen LogP contribution in [0.4, 0.5) is 5.69 Å². The van der Waals surface area contributed by atoms with Crippen molar-refractivity contribution >= 4 is 34.2 Å². The van der Waals surface area contributed by atoms with Gasteiger partial charge >= 0.3 is 10.1 Å². The molecule has 0 atom stereocenters. The highest BCUT2D eigenvalue weighted by Gasteiger charge is 2.27. The highest BCUT2D eigenvalue weighted by atomic mass is 35.5. The van der Waals surface area contributed by atoms with E-state index in [0.717, 1.165) is 24.0 Å². The van der Waals surface area contributed by atoms with Crippen molar-refractivity contribution in [3.05, 3.63) is 47.5 Å². The molecule has 164 valence electrons. The van der Waals surface area contributed by atoms with Gasteiger partial charge in [-0.2, -0.15) is 8.42 Å². The monoisotopic (exact) mass is 454 g/mol. The van der Waals surface area contributed by atoms with Crippen molar-refractivity contribution in [3.8, 4) is 11.5 Å². The molecule has 8 nitrogen and oxygen atoms in total. The molecule has 0 unspecified atom stereocenters. The number of hydrogen-bond acceptors (Lipinski definition) is 6. The second-order valence-electron chi connectivity index (χ2n) is 7.14. The fraction of sp³-hybridized carbons (Fsp3) is 0.350. The van der Waals surface area contributed by atoms with E-state index in [1.165, 1.54) is 19.2 Å². The first kappa shape index (κ1) is 23.6. The molecule has 1 saturated heterocycles. The van der Waals surface area contributed by atoms with Gasteiger partial charge in [-0.05, 0) is 55.5 Å². The number of nitrogens with zero attached hydrogens (tertiary/aromatic N) is 1. The number of ether oxygens (including phenoxy) is 1. The summed E-state index contributed by atoms with van der Waals surface area (Å²) in [6, 6.07) is 9.61. The van der Waals surface area contributed by atoms with Gasteiger partial charge in [0.2, 0.25) is 0 Å². The smallest absolute Gasteiger partial charge is 0.339 e. The van der Waals surface area contributed by atoms with Gasteiger partial charge in [-0.3, -0.25) is 5.41 Å². The molecular weight excluding hydrogens is 428 g/mol. The summed E-state index contributed by atoms with van der Waals surface area (Å²) in [6.07, 6.45) is 1.56. The van der Waals surface area contributed by atoms with Crippen LogP contribution >= 0.6 is 12.4 Å². The Morgan fingerprint density at radius 3 is 2.43 bits per heavy atom. The van der Waals surface area contributed by atoms with Gasteiger partial charge in [-0.25, -0.2) is 0 Å². The van der Waals surface area contributed by atoms with Gasteiger partial charge in [-0.15, -0.1) is 12.4 Å². The number of methoxy groups -OCH3 is 1. The van der Waals surface area contributed by atoms with Crippen LogP contribution in [0.1, 0.15) is 29.9 Å². The number of piperidine rings is 1. The van der Waals surface area contributed by atoms with Gasteiger partial charge in [0, 0.05) is 24.3 Å². The lowest BCUT2D eigenvalue weighted by Gasteiger charge is -2.33. The summed E-state index contributed by atoms with van der Waals surface area (Å²) in [5.41, 5.74) is 13.4. The summed E-state index contributed by atoms with van der Waals surface area (Å²) in [5.74, 6) is 0.776. The summed E-state index contributed by atoms with van der Waals surface area (Å²) in [7, 11) is -2.57. The quantitative estimate of drug-likeness (QED) is 0.274. The van der Waals surface area contributed by atoms with Gasteiger partial charge in [0.25, 0.3) is 0 Å². The number of likely N-dealkylation sites (tertiary alicyclic amines) is 1. The van der Waals surface area contributed by atoms with Crippen LogP contribution in [0, 0.1) is 12.3 Å². The van der Waals surface area contributed by atoms with Crippen molar-refractivity contribution in [2.75, 3.05) is 25.9 Å². The lowest BCUT2D eigenvalue weighted by molar-refractivity contribution is 0.301. The number of nitrogens with one attached hydrogen (secondary N) is 1. The average molecular weight is 455 g/mol. The molecule has 2 aromatic rings. The Morgan fingerprint density at radius 1 is 1.20 bits per heavy atom. The van der Waals surface area contributed by atoms with E-state index in [1.54, 1.807) is 18.2 Å². The fourth-order valence-corrected chi connectivity index (χ4v) is 4.60. The third-order valence-electron chi connectivity index (χ3n) is 5.05. The third-order valence-corrected chi connectivity index (χ3v) is 6.28. The van der Waals surface area contributed by atoms with Gasteiger partial charge in [0.05, 0.1) is 7.11 Å². The van der Waals surface area contributed by atoms with Crippen LogP contribution in [-0.4, -0.2) is 39.5 Å². The molecule has 0 radical (unpaired) electrons. The zero-order chi connectivity index (χ0) is 21.2. The van der Waals surface area contributed by atoms with Crippen molar-refractivity contribution in [1.29, 1.82) is 5.41 Å². The minimum atomic E-state index is -4.07. The van der Waals surface area contributed by atoms with Crippen LogP contribution in [0.25, 0.3) is 0 Å². The number of nitrogen functional groups attached to an aromatic ring is 1. The van der Waals surface area contributed by atoms with Gasteiger partial charge in [-0.1, -0.05) is 12.1 Å². The first-order valence-electron chi connectivity index (χ1n) is 9.29. The molecule has 0 aromatic heterocycles. The maximum atomic E-state index is 12.8. The molecule has 1 aliphatic heterocycles. The fourth-order valence-electron chi connectivity index (χ4n) is 3.62. The van der Waals surface area contributed by atoms with E-state index in [2.05, 4.69) is 0 Å². The largest absolute Gasteiger partial charge is 0.492 e. The van der Waals surface area contributed by atoms with Crippen LogP contribution in [0.5, 0.6) is 11.5 Å². The Bertz CT molecular complexity index is 1020. The standard InChI is InChI=1S/C20H26N4O4S.ClH/c1-13-10-17(14-6-8-24(9-7-14)20(22)23)19(27-2)18(11-13)28-29(25,26)16-5-3-4-15(21)12-16;/h3-5,10-12,14H,6-9,21H2,1-2H3,(H3,22,23);1H. The molecule has 2 aromatic carbocycles. The molecule has 1 heterocycles. The first-order valence-corrected chi connectivity index (χ1v) is 10.7. The Balaban J connectivity index is 0.00000320. The number of rotatable bonds is 5. The zero-order valence-electron chi connectivity index (χ0n) is 16.9. The maximum Gasteiger partial charge on any atom is 0.339 e. The molecule has 1 fully saturated rings. The van der Waals surface area contributed by atoms with E-state index in [1.807, 2.05) is 17.9 Å². The average Bonchev–Trinajstić information content (AvgIpc) is 2.67. The number of nitrogens with two attached hydrogens (primary N) is 2. The Hall–Kier alpha value is -2.65. The van der Waals surface area contributed by atoms with Gasteiger partial charge in [0.1, 0.15) is 4.90 Å². The number of guanidine groups is 1. The normalized spacial score (nSPS) is 14.7. The van der Waals surface area contributed by atoms with E-state index < -0.39 is 10.1 Å². The summed E-state index contributed by atoms with van der Waals surface area (Å²) < 4.78 is 36.6.